The summed E-state index contributed by atoms with van der Waals surface area (Å²) in [5, 5.41) is 22.9. The zero-order valence-electron chi connectivity index (χ0n) is 38.8. The second-order valence-corrected chi connectivity index (χ2v) is 17.3. The maximum absolute atomic E-state index is 14.4. The zero-order valence-corrected chi connectivity index (χ0v) is 38.8. The van der Waals surface area contributed by atoms with E-state index in [0.29, 0.717) is 57.4 Å². The Labute approximate surface area is 390 Å². The van der Waals surface area contributed by atoms with Crippen molar-refractivity contribution in [2.24, 2.45) is 22.6 Å². The molecule has 0 radical (unpaired) electrons. The number of benzene rings is 3. The van der Waals surface area contributed by atoms with Crippen LogP contribution in [-0.4, -0.2) is 104 Å². The molecule has 19 nitrogen and oxygen atoms in total. The van der Waals surface area contributed by atoms with E-state index in [1.807, 2.05) is 30.3 Å². The van der Waals surface area contributed by atoms with Crippen LogP contribution in [0.4, 0.5) is 5.69 Å². The molecule has 0 saturated heterocycles. The highest BCUT2D eigenvalue weighted by atomic mass is 16.5. The van der Waals surface area contributed by atoms with E-state index >= 15 is 0 Å². The van der Waals surface area contributed by atoms with Gasteiger partial charge in [0.1, 0.15) is 49.4 Å². The quantitative estimate of drug-likeness (QED) is 0.0707. The molecule has 5 amide bonds. The van der Waals surface area contributed by atoms with Crippen molar-refractivity contribution in [3.05, 3.63) is 83.2 Å². The van der Waals surface area contributed by atoms with Gasteiger partial charge in [-0.1, -0.05) is 26.8 Å². The Kier molecular flexibility index (Phi) is 17.7. The van der Waals surface area contributed by atoms with Gasteiger partial charge in [-0.2, -0.15) is 5.26 Å². The molecule has 4 aromatic rings. The molecule has 4 atom stereocenters. The third-order valence-electron chi connectivity index (χ3n) is 10.6. The van der Waals surface area contributed by atoms with Crippen LogP contribution in [0.15, 0.2) is 60.8 Å². The van der Waals surface area contributed by atoms with Crippen molar-refractivity contribution in [1.82, 2.24) is 31.2 Å². The van der Waals surface area contributed by atoms with Crippen LogP contribution < -0.4 is 58.0 Å². The summed E-state index contributed by atoms with van der Waals surface area (Å²) < 4.78 is 18.3. The van der Waals surface area contributed by atoms with Crippen LogP contribution in [0.3, 0.4) is 0 Å². The highest BCUT2D eigenvalue weighted by Crippen LogP contribution is 2.44. The van der Waals surface area contributed by atoms with Crippen molar-refractivity contribution in [2.45, 2.75) is 78.4 Å². The SMILES string of the molecule is Cc1nc(-c2ccc(OCC(C)(C)C)cc2)ncc1C(=O)NC(CCN)C(=O)Nc1cc2cc(c1OCCN)-c1cc(ccc1OCCN)[C@H](C)C(=O)N[C@@H](C)C(=O)N[C@H](C(=O)NCC#N)C2. The van der Waals surface area contributed by atoms with Gasteiger partial charge in [-0.25, -0.2) is 9.97 Å². The number of nitrogens with two attached hydrogens (primary N) is 3. The lowest BCUT2D eigenvalue weighted by molar-refractivity contribution is -0.132. The molecule has 2 heterocycles. The first-order valence-corrected chi connectivity index (χ1v) is 22.1. The second-order valence-electron chi connectivity index (χ2n) is 17.3. The lowest BCUT2D eigenvalue weighted by Gasteiger charge is -2.26. The average Bonchev–Trinajstić information content (AvgIpc) is 3.30. The second kappa shape index (κ2) is 23.4. The summed E-state index contributed by atoms with van der Waals surface area (Å²) >= 11 is 0. The van der Waals surface area contributed by atoms with E-state index < -0.39 is 53.6 Å². The molecule has 0 spiro atoms. The van der Waals surface area contributed by atoms with Crippen LogP contribution in [0.2, 0.25) is 0 Å². The van der Waals surface area contributed by atoms with Gasteiger partial charge in [-0.15, -0.1) is 0 Å². The van der Waals surface area contributed by atoms with Gasteiger partial charge in [0.15, 0.2) is 11.6 Å². The molecule has 19 heteroatoms. The summed E-state index contributed by atoms with van der Waals surface area (Å²) in [6.45, 7) is 11.7. The van der Waals surface area contributed by atoms with E-state index in [2.05, 4.69) is 57.3 Å². The molecule has 11 N–H and O–H groups in total. The number of hydrogen-bond acceptors (Lipinski definition) is 14. The first-order valence-electron chi connectivity index (χ1n) is 22.1. The van der Waals surface area contributed by atoms with Crippen LogP contribution >= 0.6 is 0 Å². The fourth-order valence-corrected chi connectivity index (χ4v) is 7.01. The highest BCUT2D eigenvalue weighted by Gasteiger charge is 2.31. The largest absolute Gasteiger partial charge is 0.493 e. The van der Waals surface area contributed by atoms with Crippen LogP contribution in [0, 0.1) is 23.7 Å². The van der Waals surface area contributed by atoms with E-state index in [4.69, 9.17) is 31.4 Å². The van der Waals surface area contributed by atoms with Gasteiger partial charge in [-0.3, -0.25) is 24.0 Å². The van der Waals surface area contributed by atoms with Crippen molar-refractivity contribution >= 4 is 35.2 Å². The Bertz CT molecular complexity index is 2470. The van der Waals surface area contributed by atoms with Crippen LogP contribution in [-0.2, 0) is 25.6 Å². The predicted molar refractivity (Wildman–Crippen MR) is 252 cm³/mol. The maximum Gasteiger partial charge on any atom is 0.255 e. The normalized spacial score (nSPS) is 16.5. The molecule has 0 saturated carbocycles. The summed E-state index contributed by atoms with van der Waals surface area (Å²) in [5.41, 5.74) is 20.9. The van der Waals surface area contributed by atoms with E-state index in [0.717, 1.165) is 0 Å². The summed E-state index contributed by atoms with van der Waals surface area (Å²) in [5.74, 6) is -2.23. The number of fused-ring (bicyclic) bond motifs is 5. The molecule has 356 valence electrons. The Morgan fingerprint density at radius 3 is 2.28 bits per heavy atom. The molecule has 1 aromatic heterocycles. The fraction of sp³-hybridized carbons (Fsp3) is 0.417. The van der Waals surface area contributed by atoms with Gasteiger partial charge in [0.2, 0.25) is 23.6 Å². The minimum absolute atomic E-state index is 0.00674. The first-order chi connectivity index (χ1) is 32.0. The Morgan fingerprint density at radius 1 is 0.910 bits per heavy atom. The highest BCUT2D eigenvalue weighted by molar-refractivity contribution is 6.03. The zero-order chi connectivity index (χ0) is 48.8. The number of ether oxygens (including phenoxy) is 3. The number of hydrogen-bond donors (Lipinski definition) is 8. The molecule has 1 unspecified atom stereocenters. The number of nitriles is 1. The Balaban J connectivity index is 1.56. The number of aromatic nitrogens is 2. The number of nitrogens with zero attached hydrogens (tertiary/aromatic N) is 3. The lowest BCUT2D eigenvalue weighted by atomic mass is 9.91. The number of carbonyl (C=O) groups is 5. The summed E-state index contributed by atoms with van der Waals surface area (Å²) in [6, 6.07) is 14.2. The van der Waals surface area contributed by atoms with E-state index in [9.17, 15) is 29.2 Å². The number of aryl methyl sites for hydroxylation is 1. The van der Waals surface area contributed by atoms with Gasteiger partial charge in [0, 0.05) is 42.4 Å². The number of carbonyl (C=O) groups excluding carboxylic acids is 5. The fourth-order valence-electron chi connectivity index (χ4n) is 7.01. The van der Waals surface area contributed by atoms with Gasteiger partial charge < -0.3 is 58.0 Å². The van der Waals surface area contributed by atoms with Crippen molar-refractivity contribution in [1.29, 1.82) is 5.26 Å². The van der Waals surface area contributed by atoms with Gasteiger partial charge in [0.25, 0.3) is 5.91 Å². The summed E-state index contributed by atoms with van der Waals surface area (Å²) in [7, 11) is 0. The Morgan fingerprint density at radius 2 is 1.63 bits per heavy atom. The van der Waals surface area contributed by atoms with Crippen molar-refractivity contribution in [3.8, 4) is 45.8 Å². The summed E-state index contributed by atoms with van der Waals surface area (Å²) in [4.78, 5) is 77.9. The number of amides is 5. The molecule has 1 aliphatic heterocycles. The van der Waals surface area contributed by atoms with Crippen molar-refractivity contribution in [2.75, 3.05) is 51.3 Å². The van der Waals surface area contributed by atoms with Crippen LogP contribution in [0.5, 0.6) is 17.2 Å². The minimum atomic E-state index is -1.25. The van der Waals surface area contributed by atoms with Crippen LogP contribution in [0.25, 0.3) is 22.5 Å². The molecule has 0 aliphatic carbocycles. The Hall–Kier alpha value is -7.14. The summed E-state index contributed by atoms with van der Waals surface area (Å²) in [6.07, 6.45) is 1.27. The average molecular weight is 920 g/mol. The molecule has 3 aromatic carbocycles. The molecular weight excluding hydrogens is 859 g/mol. The number of rotatable bonds is 17. The smallest absolute Gasteiger partial charge is 0.255 e. The van der Waals surface area contributed by atoms with E-state index in [1.54, 1.807) is 44.2 Å². The van der Waals surface area contributed by atoms with E-state index in [-0.39, 0.29) is 74.6 Å². The number of anilines is 1. The molecule has 5 rings (SSSR count). The van der Waals surface area contributed by atoms with Crippen molar-refractivity contribution < 1.29 is 38.2 Å². The van der Waals surface area contributed by atoms with Gasteiger partial charge in [0.05, 0.1) is 35.5 Å². The third-order valence-corrected chi connectivity index (χ3v) is 10.6. The molecular formula is C48H61N11O8. The predicted octanol–water partition coefficient (Wildman–Crippen LogP) is 2.59. The van der Waals surface area contributed by atoms with Crippen LogP contribution in [0.1, 0.15) is 74.1 Å². The topological polar surface area (TPSA) is 301 Å². The maximum atomic E-state index is 14.4. The standard InChI is InChI=1S/C48H61N11O8/c1-27-32-9-12-40(65-19-16-51)34(24-32)35-21-30(23-39(46(63)53-18-15-50)59-44(61)29(3)56-43(27)60)22-38(41(35)66-20-17-52)58-47(64)37(13-14-49)57-45(62)36-25-54-42(55-28(36)2)31-7-10-33(11-8-31)67-26-48(4,5)6/h7-12,21-22,24-25,27,29,37,39H,13-14,16-20,23,26,49,51-52H2,1-6H3,(H,53,63)(H,56,60)(H,57,62)(H,58,64)(H,59,61)/t27-,29-,37?,39-/m0/s1. The van der Waals surface area contributed by atoms with Gasteiger partial charge in [-0.05, 0) is 98.8 Å². The molecule has 4 bridgehead atoms. The van der Waals surface area contributed by atoms with E-state index in [1.165, 1.54) is 13.1 Å². The first kappa shape index (κ1) is 50.9. The lowest BCUT2D eigenvalue weighted by Crippen LogP contribution is -2.54. The number of nitrogens with one attached hydrogen (secondary N) is 5. The third kappa shape index (κ3) is 13.7. The van der Waals surface area contributed by atoms with Gasteiger partial charge >= 0.3 is 0 Å². The monoisotopic (exact) mass is 919 g/mol. The molecule has 0 fully saturated rings. The minimum Gasteiger partial charge on any atom is -0.493 e. The van der Waals surface area contributed by atoms with Crippen molar-refractivity contribution in [3.63, 3.8) is 0 Å². The molecule has 1 aliphatic rings. The molecule has 67 heavy (non-hydrogen) atoms.